The molecular weight excluding hydrogens is 270 g/mol. The van der Waals surface area contributed by atoms with Crippen molar-refractivity contribution in [3.05, 3.63) is 35.4 Å². The summed E-state index contributed by atoms with van der Waals surface area (Å²) in [5, 5.41) is 3.78. The quantitative estimate of drug-likeness (QED) is 0.741. The fourth-order valence-corrected chi connectivity index (χ4v) is 6.58. The van der Waals surface area contributed by atoms with E-state index in [1.54, 1.807) is 11.1 Å². The van der Waals surface area contributed by atoms with E-state index < -0.39 is 8.07 Å². The SMILES string of the molecule is CC(C)CNCC1(C[Si](C)(C)C)CCCc2ccccc21. The zero-order valence-corrected chi connectivity index (χ0v) is 15.6. The maximum atomic E-state index is 3.78. The van der Waals surface area contributed by atoms with Crippen molar-refractivity contribution in [1.82, 2.24) is 5.32 Å². The Balaban J connectivity index is 2.28. The molecule has 21 heavy (non-hydrogen) atoms. The number of benzene rings is 1. The molecule has 0 aliphatic heterocycles. The molecule has 2 rings (SSSR count). The van der Waals surface area contributed by atoms with Gasteiger partial charge < -0.3 is 5.32 Å². The van der Waals surface area contributed by atoms with Crippen molar-refractivity contribution in [2.24, 2.45) is 5.92 Å². The minimum absolute atomic E-state index is 0.383. The summed E-state index contributed by atoms with van der Waals surface area (Å²) in [5.41, 5.74) is 3.64. The molecule has 1 nitrogen and oxygen atoms in total. The van der Waals surface area contributed by atoms with Crippen molar-refractivity contribution < 1.29 is 0 Å². The van der Waals surface area contributed by atoms with E-state index in [0.717, 1.165) is 19.0 Å². The lowest BCUT2D eigenvalue weighted by molar-refractivity contribution is 0.357. The Morgan fingerprint density at radius 3 is 2.57 bits per heavy atom. The average molecular weight is 304 g/mol. The summed E-state index contributed by atoms with van der Waals surface area (Å²) >= 11 is 0. The van der Waals surface area contributed by atoms with E-state index in [1.165, 1.54) is 25.3 Å². The highest BCUT2D eigenvalue weighted by atomic mass is 28.3. The predicted molar refractivity (Wildman–Crippen MR) is 96.9 cm³/mol. The largest absolute Gasteiger partial charge is 0.316 e. The van der Waals surface area contributed by atoms with E-state index >= 15 is 0 Å². The monoisotopic (exact) mass is 303 g/mol. The molecule has 1 aliphatic carbocycles. The Kier molecular flexibility index (Phi) is 5.32. The van der Waals surface area contributed by atoms with E-state index in [2.05, 4.69) is 63.1 Å². The van der Waals surface area contributed by atoms with Crippen molar-refractivity contribution in [2.45, 2.75) is 64.2 Å². The van der Waals surface area contributed by atoms with Gasteiger partial charge in [-0.2, -0.15) is 0 Å². The lowest BCUT2D eigenvalue weighted by Crippen LogP contribution is -2.46. The van der Waals surface area contributed by atoms with Crippen LogP contribution in [-0.4, -0.2) is 21.2 Å². The minimum atomic E-state index is -1.10. The van der Waals surface area contributed by atoms with E-state index in [9.17, 15) is 0 Å². The molecule has 0 fully saturated rings. The van der Waals surface area contributed by atoms with Crippen LogP contribution >= 0.6 is 0 Å². The second-order valence-corrected chi connectivity index (χ2v) is 14.0. The molecule has 1 aliphatic rings. The molecule has 118 valence electrons. The molecule has 0 aromatic heterocycles. The summed E-state index contributed by atoms with van der Waals surface area (Å²) < 4.78 is 0. The van der Waals surface area contributed by atoms with Crippen molar-refractivity contribution >= 4 is 8.07 Å². The number of hydrogen-bond donors (Lipinski definition) is 1. The van der Waals surface area contributed by atoms with Gasteiger partial charge in [-0.25, -0.2) is 0 Å². The highest BCUT2D eigenvalue weighted by Gasteiger charge is 2.39. The molecule has 0 radical (unpaired) electrons. The standard InChI is InChI=1S/C19H33NSi/c1-16(2)13-20-14-19(15-21(3,4)5)12-8-10-17-9-6-7-11-18(17)19/h6-7,9,11,16,20H,8,10,12-15H2,1-5H3. The highest BCUT2D eigenvalue weighted by molar-refractivity contribution is 6.76. The molecule has 0 spiro atoms. The third kappa shape index (κ3) is 4.43. The van der Waals surface area contributed by atoms with Gasteiger partial charge in [-0.3, -0.25) is 0 Å². The summed E-state index contributed by atoms with van der Waals surface area (Å²) in [4.78, 5) is 0. The van der Waals surface area contributed by atoms with Crippen LogP contribution in [0.15, 0.2) is 24.3 Å². The van der Waals surface area contributed by atoms with Crippen molar-refractivity contribution in [2.75, 3.05) is 13.1 Å². The number of rotatable bonds is 6. The van der Waals surface area contributed by atoms with Gasteiger partial charge >= 0.3 is 0 Å². The second-order valence-electron chi connectivity index (χ2n) is 8.55. The lowest BCUT2D eigenvalue weighted by Gasteiger charge is -2.43. The lowest BCUT2D eigenvalue weighted by atomic mass is 9.71. The van der Waals surface area contributed by atoms with Gasteiger partial charge in [0, 0.05) is 20.0 Å². The zero-order valence-electron chi connectivity index (χ0n) is 14.6. The normalized spacial score (nSPS) is 22.4. The molecule has 1 N–H and O–H groups in total. The van der Waals surface area contributed by atoms with Gasteiger partial charge in [0.05, 0.1) is 0 Å². The minimum Gasteiger partial charge on any atom is -0.316 e. The fraction of sp³-hybridized carbons (Fsp3) is 0.684. The first-order chi connectivity index (χ1) is 9.82. The van der Waals surface area contributed by atoms with E-state index in [-0.39, 0.29) is 0 Å². The van der Waals surface area contributed by atoms with Crippen LogP contribution in [0, 0.1) is 5.92 Å². The molecule has 0 bridgehead atoms. The third-order valence-corrected chi connectivity index (χ3v) is 6.31. The molecule has 2 heteroatoms. The number of aryl methyl sites for hydroxylation is 1. The first kappa shape index (κ1) is 16.8. The molecular formula is C19H33NSi. The van der Waals surface area contributed by atoms with Crippen LogP contribution in [0.5, 0.6) is 0 Å². The van der Waals surface area contributed by atoms with Crippen molar-refractivity contribution in [3.8, 4) is 0 Å². The molecule has 0 saturated carbocycles. The van der Waals surface area contributed by atoms with Crippen LogP contribution in [0.1, 0.15) is 37.8 Å². The van der Waals surface area contributed by atoms with Crippen LogP contribution in [-0.2, 0) is 11.8 Å². The molecule has 1 aromatic carbocycles. The van der Waals surface area contributed by atoms with Gasteiger partial charge in [0.25, 0.3) is 0 Å². The van der Waals surface area contributed by atoms with Crippen molar-refractivity contribution in [3.63, 3.8) is 0 Å². The van der Waals surface area contributed by atoms with E-state index in [4.69, 9.17) is 0 Å². The van der Waals surface area contributed by atoms with Gasteiger partial charge in [-0.1, -0.05) is 57.8 Å². The summed E-state index contributed by atoms with van der Waals surface area (Å²) in [6.07, 6.45) is 3.98. The Bertz CT molecular complexity index is 461. The van der Waals surface area contributed by atoms with Crippen LogP contribution in [0.2, 0.25) is 25.7 Å². The Morgan fingerprint density at radius 2 is 1.90 bits per heavy atom. The van der Waals surface area contributed by atoms with Crippen LogP contribution < -0.4 is 5.32 Å². The summed E-state index contributed by atoms with van der Waals surface area (Å²) in [6.45, 7) is 14.5. The van der Waals surface area contributed by atoms with Gasteiger partial charge in [0.2, 0.25) is 0 Å². The Morgan fingerprint density at radius 1 is 1.19 bits per heavy atom. The Hall–Kier alpha value is -0.603. The first-order valence-corrected chi connectivity index (χ1v) is 12.3. The Labute approximate surface area is 132 Å². The van der Waals surface area contributed by atoms with Crippen LogP contribution in [0.25, 0.3) is 0 Å². The fourth-order valence-electron chi connectivity index (χ4n) is 4.05. The van der Waals surface area contributed by atoms with Crippen LogP contribution in [0.3, 0.4) is 0 Å². The number of fused-ring (bicyclic) bond motifs is 1. The topological polar surface area (TPSA) is 12.0 Å². The smallest absolute Gasteiger partial charge is 0.0451 e. The summed E-state index contributed by atoms with van der Waals surface area (Å²) in [5.74, 6) is 0.729. The molecule has 0 saturated heterocycles. The molecule has 0 heterocycles. The average Bonchev–Trinajstić information content (AvgIpc) is 2.37. The highest BCUT2D eigenvalue weighted by Crippen LogP contribution is 2.42. The summed E-state index contributed by atoms with van der Waals surface area (Å²) in [6, 6.07) is 10.6. The van der Waals surface area contributed by atoms with Gasteiger partial charge in [-0.15, -0.1) is 0 Å². The van der Waals surface area contributed by atoms with E-state index in [1.807, 2.05) is 0 Å². The van der Waals surface area contributed by atoms with Crippen molar-refractivity contribution in [1.29, 1.82) is 0 Å². The number of nitrogens with one attached hydrogen (secondary N) is 1. The number of hydrogen-bond acceptors (Lipinski definition) is 1. The maximum Gasteiger partial charge on any atom is 0.0451 e. The van der Waals surface area contributed by atoms with Gasteiger partial charge in [-0.05, 0) is 48.9 Å². The first-order valence-electron chi connectivity index (χ1n) is 8.62. The van der Waals surface area contributed by atoms with Crippen LogP contribution in [0.4, 0.5) is 0 Å². The molecule has 1 unspecified atom stereocenters. The van der Waals surface area contributed by atoms with Gasteiger partial charge in [0.15, 0.2) is 0 Å². The second kappa shape index (κ2) is 6.66. The van der Waals surface area contributed by atoms with E-state index in [0.29, 0.717) is 5.41 Å². The third-order valence-electron chi connectivity index (χ3n) is 4.57. The maximum absolute atomic E-state index is 3.78. The molecule has 1 aromatic rings. The molecule has 0 amide bonds. The predicted octanol–water partition coefficient (Wildman–Crippen LogP) is 4.84. The molecule has 1 atom stereocenters. The van der Waals surface area contributed by atoms with Gasteiger partial charge in [0.1, 0.15) is 0 Å². The summed E-state index contributed by atoms with van der Waals surface area (Å²) in [7, 11) is -1.10. The zero-order chi connectivity index (χ0) is 15.5.